The number of nitrogens with two attached hydrogens (primary N) is 1. The standard InChI is InChI=1S/C13H17N3O/c1-9-6-10(4-5-12(9)17-3)13-15-11(7-14)8-16(13)2/h4-6,8H,7,14H2,1-3H3. The van der Waals surface area contributed by atoms with Crippen molar-refractivity contribution in [1.29, 1.82) is 0 Å². The van der Waals surface area contributed by atoms with Crippen LogP contribution in [-0.4, -0.2) is 16.7 Å². The molecule has 0 aliphatic heterocycles. The van der Waals surface area contributed by atoms with E-state index in [0.717, 1.165) is 28.4 Å². The second kappa shape index (κ2) is 4.59. The fourth-order valence-corrected chi connectivity index (χ4v) is 1.91. The number of aromatic nitrogens is 2. The van der Waals surface area contributed by atoms with Gasteiger partial charge in [-0.1, -0.05) is 0 Å². The molecule has 2 aromatic rings. The summed E-state index contributed by atoms with van der Waals surface area (Å²) >= 11 is 0. The summed E-state index contributed by atoms with van der Waals surface area (Å²) in [6, 6.07) is 6.04. The van der Waals surface area contributed by atoms with Crippen LogP contribution in [0.25, 0.3) is 11.4 Å². The van der Waals surface area contributed by atoms with E-state index in [1.807, 2.05) is 36.9 Å². The number of ether oxygens (including phenoxy) is 1. The third-order valence-corrected chi connectivity index (χ3v) is 2.79. The summed E-state index contributed by atoms with van der Waals surface area (Å²) in [5.41, 5.74) is 8.66. The van der Waals surface area contributed by atoms with Gasteiger partial charge in [0.05, 0.1) is 12.8 Å². The van der Waals surface area contributed by atoms with Gasteiger partial charge in [0, 0.05) is 25.4 Å². The van der Waals surface area contributed by atoms with Crippen LogP contribution in [0.4, 0.5) is 0 Å². The Morgan fingerprint density at radius 2 is 2.18 bits per heavy atom. The zero-order valence-corrected chi connectivity index (χ0v) is 10.4. The third kappa shape index (κ3) is 2.17. The van der Waals surface area contributed by atoms with Crippen LogP contribution in [-0.2, 0) is 13.6 Å². The van der Waals surface area contributed by atoms with Gasteiger partial charge in [0.25, 0.3) is 0 Å². The molecule has 1 aromatic heterocycles. The van der Waals surface area contributed by atoms with Crippen molar-refractivity contribution in [2.24, 2.45) is 12.8 Å². The number of benzene rings is 1. The van der Waals surface area contributed by atoms with Crippen molar-refractivity contribution in [1.82, 2.24) is 9.55 Å². The number of hydrogen-bond acceptors (Lipinski definition) is 3. The largest absolute Gasteiger partial charge is 0.496 e. The molecule has 0 fully saturated rings. The van der Waals surface area contributed by atoms with Crippen molar-refractivity contribution in [3.8, 4) is 17.1 Å². The van der Waals surface area contributed by atoms with E-state index in [-0.39, 0.29) is 0 Å². The van der Waals surface area contributed by atoms with E-state index in [0.29, 0.717) is 6.54 Å². The molecule has 17 heavy (non-hydrogen) atoms. The molecule has 2 N–H and O–H groups in total. The molecule has 1 aromatic carbocycles. The van der Waals surface area contributed by atoms with E-state index >= 15 is 0 Å². The van der Waals surface area contributed by atoms with Gasteiger partial charge >= 0.3 is 0 Å². The van der Waals surface area contributed by atoms with E-state index in [4.69, 9.17) is 10.5 Å². The highest BCUT2D eigenvalue weighted by molar-refractivity contribution is 5.59. The molecule has 4 heteroatoms. The lowest BCUT2D eigenvalue weighted by atomic mass is 10.1. The minimum absolute atomic E-state index is 0.461. The van der Waals surface area contributed by atoms with E-state index < -0.39 is 0 Å². The number of aryl methyl sites for hydroxylation is 2. The van der Waals surface area contributed by atoms with Gasteiger partial charge in [-0.3, -0.25) is 0 Å². The van der Waals surface area contributed by atoms with Gasteiger partial charge in [-0.2, -0.15) is 0 Å². The highest BCUT2D eigenvalue weighted by atomic mass is 16.5. The van der Waals surface area contributed by atoms with Crippen molar-refractivity contribution >= 4 is 0 Å². The van der Waals surface area contributed by atoms with Crippen LogP contribution in [0.3, 0.4) is 0 Å². The Morgan fingerprint density at radius 1 is 1.41 bits per heavy atom. The number of imidazole rings is 1. The van der Waals surface area contributed by atoms with Crippen molar-refractivity contribution in [2.75, 3.05) is 7.11 Å². The molecule has 0 spiro atoms. The minimum Gasteiger partial charge on any atom is -0.496 e. The highest BCUT2D eigenvalue weighted by Gasteiger charge is 2.08. The molecular formula is C13H17N3O. The van der Waals surface area contributed by atoms with Crippen LogP contribution in [0.1, 0.15) is 11.3 Å². The number of nitrogens with zero attached hydrogens (tertiary/aromatic N) is 2. The van der Waals surface area contributed by atoms with Crippen molar-refractivity contribution in [2.45, 2.75) is 13.5 Å². The quantitative estimate of drug-likeness (QED) is 0.877. The van der Waals surface area contributed by atoms with Crippen LogP contribution in [0, 0.1) is 6.92 Å². The Labute approximate surface area is 101 Å². The summed E-state index contributed by atoms with van der Waals surface area (Å²) in [6.07, 6.45) is 1.95. The van der Waals surface area contributed by atoms with Crippen molar-refractivity contribution in [3.63, 3.8) is 0 Å². The smallest absolute Gasteiger partial charge is 0.140 e. The lowest BCUT2D eigenvalue weighted by molar-refractivity contribution is 0.412. The van der Waals surface area contributed by atoms with Gasteiger partial charge in [0.2, 0.25) is 0 Å². The van der Waals surface area contributed by atoms with E-state index in [1.54, 1.807) is 7.11 Å². The van der Waals surface area contributed by atoms with Crippen molar-refractivity contribution < 1.29 is 4.74 Å². The van der Waals surface area contributed by atoms with Crippen LogP contribution < -0.4 is 10.5 Å². The zero-order chi connectivity index (χ0) is 12.4. The molecule has 0 amide bonds. The summed E-state index contributed by atoms with van der Waals surface area (Å²) in [6.45, 7) is 2.48. The highest BCUT2D eigenvalue weighted by Crippen LogP contribution is 2.25. The molecule has 0 unspecified atom stereocenters. The Morgan fingerprint density at radius 3 is 2.71 bits per heavy atom. The molecule has 0 atom stereocenters. The summed E-state index contributed by atoms with van der Waals surface area (Å²) in [7, 11) is 3.65. The van der Waals surface area contributed by atoms with Crippen molar-refractivity contribution in [3.05, 3.63) is 35.7 Å². The normalized spacial score (nSPS) is 10.6. The van der Waals surface area contributed by atoms with Crippen LogP contribution in [0.2, 0.25) is 0 Å². The Bertz CT molecular complexity index is 531. The van der Waals surface area contributed by atoms with Gasteiger partial charge in [0.1, 0.15) is 11.6 Å². The number of hydrogen-bond donors (Lipinski definition) is 1. The summed E-state index contributed by atoms with van der Waals surface area (Å²) in [4.78, 5) is 4.49. The van der Waals surface area contributed by atoms with E-state index in [1.165, 1.54) is 0 Å². The number of methoxy groups -OCH3 is 1. The maximum Gasteiger partial charge on any atom is 0.140 e. The Balaban J connectivity index is 2.45. The lowest BCUT2D eigenvalue weighted by Crippen LogP contribution is -1.95. The first kappa shape index (κ1) is 11.7. The molecule has 2 rings (SSSR count). The third-order valence-electron chi connectivity index (χ3n) is 2.79. The Hall–Kier alpha value is -1.81. The fourth-order valence-electron chi connectivity index (χ4n) is 1.91. The molecule has 1 heterocycles. The van der Waals surface area contributed by atoms with Crippen LogP contribution in [0.5, 0.6) is 5.75 Å². The summed E-state index contributed by atoms with van der Waals surface area (Å²) in [5.74, 6) is 1.82. The maximum atomic E-state index is 5.59. The molecule has 0 bridgehead atoms. The predicted molar refractivity (Wildman–Crippen MR) is 67.8 cm³/mol. The van der Waals surface area contributed by atoms with Gasteiger partial charge in [-0.25, -0.2) is 4.98 Å². The zero-order valence-electron chi connectivity index (χ0n) is 10.4. The van der Waals surface area contributed by atoms with Gasteiger partial charge in [-0.15, -0.1) is 0 Å². The van der Waals surface area contributed by atoms with Gasteiger partial charge in [0.15, 0.2) is 0 Å². The summed E-state index contributed by atoms with van der Waals surface area (Å²) < 4.78 is 7.23. The molecule has 0 aliphatic carbocycles. The summed E-state index contributed by atoms with van der Waals surface area (Å²) in [5, 5.41) is 0. The molecule has 0 saturated heterocycles. The average Bonchev–Trinajstić information content (AvgIpc) is 2.70. The fraction of sp³-hybridized carbons (Fsp3) is 0.308. The molecule has 0 radical (unpaired) electrons. The van der Waals surface area contributed by atoms with E-state index in [9.17, 15) is 0 Å². The topological polar surface area (TPSA) is 53.1 Å². The van der Waals surface area contributed by atoms with Crippen LogP contribution >= 0.6 is 0 Å². The number of rotatable bonds is 3. The minimum atomic E-state index is 0.461. The maximum absolute atomic E-state index is 5.59. The molecular weight excluding hydrogens is 214 g/mol. The first-order valence-electron chi connectivity index (χ1n) is 5.53. The second-order valence-electron chi connectivity index (χ2n) is 4.06. The van der Waals surface area contributed by atoms with Crippen LogP contribution in [0.15, 0.2) is 24.4 Å². The van der Waals surface area contributed by atoms with Gasteiger partial charge < -0.3 is 15.0 Å². The molecule has 0 aliphatic rings. The monoisotopic (exact) mass is 231 g/mol. The predicted octanol–water partition coefficient (Wildman–Crippen LogP) is 1.86. The second-order valence-corrected chi connectivity index (χ2v) is 4.06. The molecule has 4 nitrogen and oxygen atoms in total. The lowest BCUT2D eigenvalue weighted by Gasteiger charge is -2.07. The van der Waals surface area contributed by atoms with E-state index in [2.05, 4.69) is 11.1 Å². The molecule has 0 saturated carbocycles. The molecule has 90 valence electrons. The SMILES string of the molecule is COc1ccc(-c2nc(CN)cn2C)cc1C. The first-order valence-corrected chi connectivity index (χ1v) is 5.53. The van der Waals surface area contributed by atoms with Gasteiger partial charge in [-0.05, 0) is 30.7 Å². The Kier molecular flexibility index (Phi) is 3.15. The first-order chi connectivity index (χ1) is 8.15. The average molecular weight is 231 g/mol.